The second-order valence-corrected chi connectivity index (χ2v) is 8.42. The number of anilines is 1. The molecule has 0 radical (unpaired) electrons. The lowest BCUT2D eigenvalue weighted by atomic mass is 9.87. The Hall–Kier alpha value is -2.92. The molecule has 0 bridgehead atoms. The summed E-state index contributed by atoms with van der Waals surface area (Å²) in [5, 5.41) is 3.49. The Bertz CT molecular complexity index is 1020. The standard InChI is InChI=1S/C23H22N2O2S/c1-14-7-12-19-18(13-14)20(21(24)26)23(28-19)25-22(27)17-10-8-16(9-11-17)15-5-3-2-4-6-15/h2-6,8-11,14H,7,12-13H2,1H3,(H2,24,26)(H,25,27)/t14-/m1/s1. The fraction of sp³-hybridized carbons (Fsp3) is 0.217. The Morgan fingerprint density at radius 1 is 1.04 bits per heavy atom. The van der Waals surface area contributed by atoms with E-state index in [1.54, 1.807) is 12.1 Å². The van der Waals surface area contributed by atoms with Crippen LogP contribution in [0.5, 0.6) is 0 Å². The van der Waals surface area contributed by atoms with Crippen LogP contribution < -0.4 is 11.1 Å². The minimum Gasteiger partial charge on any atom is -0.365 e. The van der Waals surface area contributed by atoms with Gasteiger partial charge in [0, 0.05) is 10.4 Å². The molecule has 0 saturated heterocycles. The topological polar surface area (TPSA) is 72.2 Å². The van der Waals surface area contributed by atoms with Gasteiger partial charge in [-0.3, -0.25) is 9.59 Å². The Labute approximate surface area is 168 Å². The fourth-order valence-electron chi connectivity index (χ4n) is 3.73. The molecule has 4 rings (SSSR count). The predicted molar refractivity (Wildman–Crippen MR) is 114 cm³/mol. The summed E-state index contributed by atoms with van der Waals surface area (Å²) in [4.78, 5) is 26.0. The van der Waals surface area contributed by atoms with E-state index in [-0.39, 0.29) is 5.91 Å². The molecule has 1 aliphatic carbocycles. The highest BCUT2D eigenvalue weighted by Gasteiger charge is 2.27. The van der Waals surface area contributed by atoms with E-state index in [9.17, 15) is 9.59 Å². The minimum atomic E-state index is -0.471. The van der Waals surface area contributed by atoms with Gasteiger partial charge < -0.3 is 11.1 Å². The van der Waals surface area contributed by atoms with Crippen LogP contribution in [0.15, 0.2) is 54.6 Å². The lowest BCUT2D eigenvalue weighted by Gasteiger charge is -2.18. The summed E-state index contributed by atoms with van der Waals surface area (Å²) in [5.74, 6) is -0.177. The zero-order valence-electron chi connectivity index (χ0n) is 15.7. The van der Waals surface area contributed by atoms with Crippen LogP contribution in [0.2, 0.25) is 0 Å². The van der Waals surface area contributed by atoms with Gasteiger partial charge in [-0.15, -0.1) is 11.3 Å². The molecule has 2 aromatic carbocycles. The number of nitrogens with two attached hydrogens (primary N) is 1. The second kappa shape index (κ2) is 7.60. The van der Waals surface area contributed by atoms with Crippen molar-refractivity contribution in [3.05, 3.63) is 76.2 Å². The molecule has 0 unspecified atom stereocenters. The second-order valence-electron chi connectivity index (χ2n) is 7.32. The maximum Gasteiger partial charge on any atom is 0.256 e. The molecule has 1 atom stereocenters. The van der Waals surface area contributed by atoms with Crippen molar-refractivity contribution in [3.63, 3.8) is 0 Å². The lowest BCUT2D eigenvalue weighted by Crippen LogP contribution is -2.19. The quantitative estimate of drug-likeness (QED) is 0.666. The first kappa shape index (κ1) is 18.4. The maximum absolute atomic E-state index is 12.8. The highest BCUT2D eigenvalue weighted by Crippen LogP contribution is 2.39. The number of hydrogen-bond donors (Lipinski definition) is 2. The van der Waals surface area contributed by atoms with Crippen molar-refractivity contribution < 1.29 is 9.59 Å². The fourth-order valence-corrected chi connectivity index (χ4v) is 4.97. The molecule has 1 aliphatic rings. The van der Waals surface area contributed by atoms with Crippen LogP contribution in [-0.4, -0.2) is 11.8 Å². The maximum atomic E-state index is 12.8. The lowest BCUT2D eigenvalue weighted by molar-refractivity contribution is 0.1000. The van der Waals surface area contributed by atoms with Gasteiger partial charge in [0.15, 0.2) is 0 Å². The van der Waals surface area contributed by atoms with Crippen molar-refractivity contribution in [2.45, 2.75) is 26.2 Å². The van der Waals surface area contributed by atoms with E-state index in [2.05, 4.69) is 12.2 Å². The zero-order valence-corrected chi connectivity index (χ0v) is 16.5. The number of carbonyl (C=O) groups is 2. The first-order valence-corrected chi connectivity index (χ1v) is 10.3. The van der Waals surface area contributed by atoms with Crippen LogP contribution in [0.4, 0.5) is 5.00 Å². The van der Waals surface area contributed by atoms with Gasteiger partial charge in [0.2, 0.25) is 0 Å². The van der Waals surface area contributed by atoms with Crippen LogP contribution in [0.3, 0.4) is 0 Å². The molecule has 0 aliphatic heterocycles. The van der Waals surface area contributed by atoms with E-state index in [0.717, 1.165) is 36.0 Å². The van der Waals surface area contributed by atoms with E-state index in [0.29, 0.717) is 22.0 Å². The molecule has 3 N–H and O–H groups in total. The number of aryl methyl sites for hydroxylation is 1. The summed E-state index contributed by atoms with van der Waals surface area (Å²) in [6.45, 7) is 2.18. The number of rotatable bonds is 4. The predicted octanol–water partition coefficient (Wildman–Crippen LogP) is 4.89. The number of thiophene rings is 1. The molecule has 2 amide bonds. The van der Waals surface area contributed by atoms with Crippen molar-refractivity contribution in [3.8, 4) is 11.1 Å². The molecular weight excluding hydrogens is 368 g/mol. The van der Waals surface area contributed by atoms with Gasteiger partial charge in [0.1, 0.15) is 5.00 Å². The third-order valence-corrected chi connectivity index (χ3v) is 6.44. The van der Waals surface area contributed by atoms with Crippen molar-refractivity contribution in [2.75, 3.05) is 5.32 Å². The average molecular weight is 391 g/mol. The minimum absolute atomic E-state index is 0.228. The molecule has 5 heteroatoms. The van der Waals surface area contributed by atoms with Gasteiger partial charge >= 0.3 is 0 Å². The molecule has 0 saturated carbocycles. The molecule has 4 nitrogen and oxygen atoms in total. The molecule has 3 aromatic rings. The monoisotopic (exact) mass is 390 g/mol. The van der Waals surface area contributed by atoms with Gasteiger partial charge in [-0.1, -0.05) is 49.4 Å². The first-order chi connectivity index (χ1) is 13.5. The molecule has 0 spiro atoms. The third kappa shape index (κ3) is 3.58. The smallest absolute Gasteiger partial charge is 0.256 e. The molecule has 0 fully saturated rings. The molecule has 1 heterocycles. The van der Waals surface area contributed by atoms with Crippen LogP contribution >= 0.6 is 11.3 Å². The van der Waals surface area contributed by atoms with Crippen LogP contribution in [0.25, 0.3) is 11.1 Å². The highest BCUT2D eigenvalue weighted by atomic mass is 32.1. The Morgan fingerprint density at radius 2 is 1.71 bits per heavy atom. The normalized spacial score (nSPS) is 15.7. The Morgan fingerprint density at radius 3 is 2.39 bits per heavy atom. The van der Waals surface area contributed by atoms with Gasteiger partial charge in [-0.25, -0.2) is 0 Å². The number of amides is 2. The molecule has 28 heavy (non-hydrogen) atoms. The van der Waals surface area contributed by atoms with Crippen molar-refractivity contribution in [2.24, 2.45) is 11.7 Å². The largest absolute Gasteiger partial charge is 0.365 e. The number of carbonyl (C=O) groups excluding carboxylic acids is 2. The van der Waals surface area contributed by atoms with E-state index >= 15 is 0 Å². The van der Waals surface area contributed by atoms with Crippen LogP contribution in [-0.2, 0) is 12.8 Å². The summed E-state index contributed by atoms with van der Waals surface area (Å²) >= 11 is 1.48. The van der Waals surface area contributed by atoms with E-state index in [1.807, 2.05) is 42.5 Å². The number of nitrogens with one attached hydrogen (secondary N) is 1. The summed E-state index contributed by atoms with van der Waals surface area (Å²) in [5.41, 5.74) is 9.85. The number of fused-ring (bicyclic) bond motifs is 1. The molecule has 1 aromatic heterocycles. The van der Waals surface area contributed by atoms with Gasteiger partial charge in [-0.2, -0.15) is 0 Å². The average Bonchev–Trinajstić information content (AvgIpc) is 3.06. The summed E-state index contributed by atoms with van der Waals surface area (Å²) in [7, 11) is 0. The molecule has 142 valence electrons. The van der Waals surface area contributed by atoms with E-state index in [1.165, 1.54) is 16.2 Å². The zero-order chi connectivity index (χ0) is 19.7. The first-order valence-electron chi connectivity index (χ1n) is 9.44. The van der Waals surface area contributed by atoms with E-state index < -0.39 is 5.91 Å². The number of hydrogen-bond acceptors (Lipinski definition) is 3. The van der Waals surface area contributed by atoms with Gasteiger partial charge in [0.05, 0.1) is 5.56 Å². The van der Waals surface area contributed by atoms with Crippen molar-refractivity contribution in [1.82, 2.24) is 0 Å². The highest BCUT2D eigenvalue weighted by molar-refractivity contribution is 7.17. The van der Waals surface area contributed by atoms with Crippen LogP contribution in [0.1, 0.15) is 44.5 Å². The van der Waals surface area contributed by atoms with Gasteiger partial charge in [0.25, 0.3) is 11.8 Å². The number of primary amides is 1. The van der Waals surface area contributed by atoms with Gasteiger partial charge in [-0.05, 0) is 54.0 Å². The summed E-state index contributed by atoms with van der Waals surface area (Å²) in [6.07, 6.45) is 2.87. The summed E-state index contributed by atoms with van der Waals surface area (Å²) < 4.78 is 0. The summed E-state index contributed by atoms with van der Waals surface area (Å²) in [6, 6.07) is 17.5. The van der Waals surface area contributed by atoms with Crippen molar-refractivity contribution >= 4 is 28.2 Å². The molecular formula is C23H22N2O2S. The Kier molecular flexibility index (Phi) is 5.01. The Balaban J connectivity index is 1.58. The van der Waals surface area contributed by atoms with Crippen LogP contribution in [0, 0.1) is 5.92 Å². The number of benzene rings is 2. The third-order valence-electron chi connectivity index (χ3n) is 5.24. The SMILES string of the molecule is C[C@@H]1CCc2sc(NC(=O)c3ccc(-c4ccccc4)cc3)c(C(N)=O)c2C1. The van der Waals surface area contributed by atoms with Crippen molar-refractivity contribution in [1.29, 1.82) is 0 Å². The van der Waals surface area contributed by atoms with E-state index in [4.69, 9.17) is 5.73 Å².